The predicted molar refractivity (Wildman–Crippen MR) is 128 cm³/mol. The topological polar surface area (TPSA) is 161 Å². The van der Waals surface area contributed by atoms with Crippen LogP contribution in [0.4, 0.5) is 0 Å². The van der Waals surface area contributed by atoms with Crippen molar-refractivity contribution in [3.63, 3.8) is 0 Å². The highest BCUT2D eigenvalue weighted by atomic mass is 79.9. The zero-order valence-electron chi connectivity index (χ0n) is 18.6. The number of hydrogen-bond acceptors (Lipinski definition) is 10. The molecule has 2 N–H and O–H groups in total. The van der Waals surface area contributed by atoms with Gasteiger partial charge in [0, 0.05) is 25.9 Å². The van der Waals surface area contributed by atoms with Crippen molar-refractivity contribution in [1.82, 2.24) is 10.6 Å². The fourth-order valence-corrected chi connectivity index (χ4v) is 6.09. The molecule has 190 valence electrons. The number of nitrogens with one attached hydrogen (secondary N) is 2. The molecule has 0 saturated carbocycles. The highest BCUT2D eigenvalue weighted by Gasteiger charge is 2.66. The summed E-state index contributed by atoms with van der Waals surface area (Å²) < 4.78 is 11.6. The minimum Gasteiger partial charge on any atom is -0.381 e. The Morgan fingerprint density at radius 2 is 1.25 bits per heavy atom. The molecule has 2 aliphatic carbocycles. The predicted octanol–water partition coefficient (Wildman–Crippen LogP) is 0.287. The molecule has 0 unspecified atom stereocenters. The minimum atomic E-state index is -0.925. The van der Waals surface area contributed by atoms with E-state index in [2.05, 4.69) is 52.8 Å². The second-order valence-corrected chi connectivity index (χ2v) is 11.1. The summed E-state index contributed by atoms with van der Waals surface area (Å²) in [6, 6.07) is 0. The van der Waals surface area contributed by atoms with Crippen LogP contribution in [0.15, 0.2) is 31.4 Å². The van der Waals surface area contributed by atoms with Crippen LogP contribution in [0.2, 0.25) is 0 Å². The number of carbonyl (C=O) groups excluding carboxylic acids is 4. The Kier molecular flexibility index (Phi) is 5.70. The van der Waals surface area contributed by atoms with Crippen LogP contribution in [0.1, 0.15) is 25.7 Å². The number of oxime groups is 2. The van der Waals surface area contributed by atoms with Gasteiger partial charge in [-0.2, -0.15) is 0 Å². The molecule has 4 aliphatic heterocycles. The van der Waals surface area contributed by atoms with Gasteiger partial charge in [0.05, 0.1) is 8.96 Å². The van der Waals surface area contributed by atoms with Gasteiger partial charge in [0.2, 0.25) is 11.6 Å². The summed E-state index contributed by atoms with van der Waals surface area (Å²) in [6.07, 6.45) is 2.99. The number of hydrogen-bond donors (Lipinski definition) is 2. The number of carbonyl (C=O) groups is 4. The molecule has 2 spiro atoms. The third-order valence-electron chi connectivity index (χ3n) is 6.91. The first kappa shape index (κ1) is 23.9. The Bertz CT molecular complexity index is 1120. The third kappa shape index (κ3) is 3.94. The van der Waals surface area contributed by atoms with E-state index >= 15 is 0 Å². The number of ketones is 2. The van der Waals surface area contributed by atoms with Gasteiger partial charge in [-0.3, -0.25) is 19.2 Å². The number of unbranched alkanes of at least 4 members (excludes halogenated alkanes) is 1. The molecule has 0 aromatic carbocycles. The summed E-state index contributed by atoms with van der Waals surface area (Å²) in [4.78, 5) is 59.8. The molecule has 0 bridgehead atoms. The van der Waals surface area contributed by atoms with Crippen molar-refractivity contribution in [3.8, 4) is 0 Å². The third-order valence-corrected chi connectivity index (χ3v) is 8.15. The summed E-state index contributed by atoms with van der Waals surface area (Å²) in [5.74, 6) is -0.953. The van der Waals surface area contributed by atoms with Crippen LogP contribution in [0.3, 0.4) is 0 Å². The van der Waals surface area contributed by atoms with E-state index in [0.29, 0.717) is 34.9 Å². The van der Waals surface area contributed by atoms with Gasteiger partial charge in [0.25, 0.3) is 11.8 Å². The summed E-state index contributed by atoms with van der Waals surface area (Å²) in [5, 5.41) is 13.4. The number of ether oxygens (including phenoxy) is 2. The van der Waals surface area contributed by atoms with Crippen LogP contribution in [-0.4, -0.2) is 83.5 Å². The van der Waals surface area contributed by atoms with Crippen LogP contribution in [-0.2, 0) is 38.3 Å². The van der Waals surface area contributed by atoms with Crippen molar-refractivity contribution >= 4 is 66.7 Å². The van der Waals surface area contributed by atoms with Crippen LogP contribution < -0.4 is 10.6 Å². The summed E-state index contributed by atoms with van der Waals surface area (Å²) in [6.45, 7) is 0.781. The standard InChI is InChI=1S/C22H20Br2N4O8/c23-9-5-21(17-15(33-17)13(9)29)7-11(27-35-21)19(31)25-3-1-2-4-26-20(32)12-8-22(36-28-12)6-10(24)14(30)16-18(22)34-16/h5-6,15-18H,1-4,7-8H2,(H,25,31)(H,26,32)/t15-,16-,17-,18-,21-,22-/m1/s1. The Morgan fingerprint density at radius 1 is 0.833 bits per heavy atom. The highest BCUT2D eigenvalue weighted by Crippen LogP contribution is 2.49. The summed E-state index contributed by atoms with van der Waals surface area (Å²) >= 11 is 6.44. The maximum Gasteiger partial charge on any atom is 0.269 e. The fourth-order valence-electron chi connectivity index (χ4n) is 4.87. The first-order valence-corrected chi connectivity index (χ1v) is 13.0. The molecule has 0 aromatic rings. The number of epoxide rings is 2. The van der Waals surface area contributed by atoms with E-state index in [1.807, 2.05) is 0 Å². The van der Waals surface area contributed by atoms with E-state index in [1.165, 1.54) is 0 Å². The van der Waals surface area contributed by atoms with Crippen LogP contribution in [0.25, 0.3) is 0 Å². The van der Waals surface area contributed by atoms with Gasteiger partial charge < -0.3 is 29.8 Å². The molecule has 6 aliphatic rings. The molecule has 6 rings (SSSR count). The highest BCUT2D eigenvalue weighted by molar-refractivity contribution is 9.12. The van der Waals surface area contributed by atoms with Crippen LogP contribution >= 0.6 is 31.9 Å². The molecule has 2 fully saturated rings. The lowest BCUT2D eigenvalue weighted by molar-refractivity contribution is -0.117. The SMILES string of the molecule is O=C(NCCCCNC(=O)C1=NO[C@]2(C=C(Br)C(=O)[C@H]3O[C@H]32)C1)C1=NO[C@]2(C=C(Br)C(=O)[C@H]3O[C@H]32)C1. The smallest absolute Gasteiger partial charge is 0.269 e. The number of amides is 2. The van der Waals surface area contributed by atoms with Crippen molar-refractivity contribution < 1.29 is 38.3 Å². The quantitative estimate of drug-likeness (QED) is 0.301. The zero-order valence-corrected chi connectivity index (χ0v) is 21.8. The van der Waals surface area contributed by atoms with Crippen LogP contribution in [0, 0.1) is 0 Å². The van der Waals surface area contributed by atoms with Crippen LogP contribution in [0.5, 0.6) is 0 Å². The molecule has 2 saturated heterocycles. The molecule has 4 heterocycles. The largest absolute Gasteiger partial charge is 0.381 e. The molecule has 36 heavy (non-hydrogen) atoms. The maximum atomic E-state index is 12.5. The second-order valence-electron chi connectivity index (χ2n) is 9.41. The van der Waals surface area contributed by atoms with Crippen molar-refractivity contribution in [2.45, 2.75) is 61.3 Å². The number of nitrogens with zero attached hydrogens (tertiary/aromatic N) is 2. The lowest BCUT2D eigenvalue weighted by atomic mass is 9.86. The first-order valence-electron chi connectivity index (χ1n) is 11.5. The number of rotatable bonds is 7. The molecular formula is C22H20Br2N4O8. The Hall–Kier alpha value is -2.42. The van der Waals surface area contributed by atoms with Crippen molar-refractivity contribution in [3.05, 3.63) is 21.1 Å². The molecule has 14 heteroatoms. The van der Waals surface area contributed by atoms with E-state index in [1.54, 1.807) is 12.2 Å². The van der Waals surface area contributed by atoms with Gasteiger partial charge in [-0.1, -0.05) is 10.3 Å². The van der Waals surface area contributed by atoms with Gasteiger partial charge in [0.15, 0.2) is 23.4 Å². The molecule has 6 atom stereocenters. The minimum absolute atomic E-state index is 0.132. The first-order chi connectivity index (χ1) is 17.2. The number of Topliss-reactive ketones (excluding diaryl/α,β-unsaturated/α-hetero) is 2. The normalized spacial score (nSPS) is 37.2. The Balaban J connectivity index is 0.900. The van der Waals surface area contributed by atoms with E-state index in [-0.39, 0.29) is 47.6 Å². The van der Waals surface area contributed by atoms with E-state index in [0.717, 1.165) is 0 Å². The Morgan fingerprint density at radius 3 is 1.67 bits per heavy atom. The molecule has 0 radical (unpaired) electrons. The van der Waals surface area contributed by atoms with E-state index in [9.17, 15) is 19.2 Å². The number of fused-ring (bicyclic) bond motifs is 4. The van der Waals surface area contributed by atoms with E-state index in [4.69, 9.17) is 19.1 Å². The summed E-state index contributed by atoms with van der Waals surface area (Å²) in [7, 11) is 0. The van der Waals surface area contributed by atoms with Gasteiger partial charge >= 0.3 is 0 Å². The molecule has 2 amide bonds. The average Bonchev–Trinajstić information content (AvgIpc) is 3.76. The van der Waals surface area contributed by atoms with Gasteiger partial charge in [0.1, 0.15) is 23.6 Å². The van der Waals surface area contributed by atoms with E-state index < -0.39 is 35.6 Å². The average molecular weight is 628 g/mol. The monoisotopic (exact) mass is 626 g/mol. The van der Waals surface area contributed by atoms with Gasteiger partial charge in [-0.15, -0.1) is 0 Å². The Labute approximate surface area is 221 Å². The number of halogens is 2. The van der Waals surface area contributed by atoms with Crippen molar-refractivity contribution in [1.29, 1.82) is 0 Å². The lowest BCUT2D eigenvalue weighted by Crippen LogP contribution is -2.42. The fraction of sp³-hybridized carbons (Fsp3) is 0.545. The van der Waals surface area contributed by atoms with Crippen molar-refractivity contribution in [2.24, 2.45) is 10.3 Å². The molecular weight excluding hydrogens is 608 g/mol. The second kappa shape index (κ2) is 8.57. The zero-order chi connectivity index (χ0) is 25.2. The molecule has 0 aromatic heterocycles. The summed E-state index contributed by atoms with van der Waals surface area (Å²) in [5.41, 5.74) is -1.37. The lowest BCUT2D eigenvalue weighted by Gasteiger charge is -2.23. The van der Waals surface area contributed by atoms with Gasteiger partial charge in [-0.05, 0) is 56.9 Å². The maximum absolute atomic E-state index is 12.5. The van der Waals surface area contributed by atoms with Crippen molar-refractivity contribution in [2.75, 3.05) is 13.1 Å². The van der Waals surface area contributed by atoms with Gasteiger partial charge in [-0.25, -0.2) is 0 Å². The molecule has 12 nitrogen and oxygen atoms in total.